The van der Waals surface area contributed by atoms with Gasteiger partial charge >= 0.3 is 12.1 Å². The van der Waals surface area contributed by atoms with E-state index in [-0.39, 0.29) is 41.0 Å². The van der Waals surface area contributed by atoms with E-state index in [1.54, 1.807) is 0 Å². The van der Waals surface area contributed by atoms with Crippen LogP contribution in [0.15, 0.2) is 30.9 Å². The molecule has 0 aromatic carbocycles. The van der Waals surface area contributed by atoms with E-state index < -0.39 is 24.5 Å². The van der Waals surface area contributed by atoms with Gasteiger partial charge in [0.1, 0.15) is 6.33 Å². The fraction of sp³-hybridized carbons (Fsp3) is 0.500. The van der Waals surface area contributed by atoms with E-state index in [1.807, 2.05) is 4.90 Å². The van der Waals surface area contributed by atoms with E-state index >= 15 is 0 Å². The maximum atomic E-state index is 14.1. The first-order valence-electron chi connectivity index (χ1n) is 10.5. The highest BCUT2D eigenvalue weighted by atomic mass is 19.4. The zero-order valence-electron chi connectivity index (χ0n) is 17.5. The van der Waals surface area contributed by atoms with E-state index in [0.717, 1.165) is 19.0 Å². The quantitative estimate of drug-likeness (QED) is 0.533. The number of halogens is 6. The normalized spacial score (nSPS) is 22.9. The SMILES string of the molecule is Fc1cncnc1N1CC2CC[C@@H](C1)[C@@H]2Nc1nc2c(OCC(F)(F)C(F)(F)F)cccn2n1. The first-order valence-corrected chi connectivity index (χ1v) is 10.5. The Balaban J connectivity index is 1.31. The molecule has 4 heterocycles. The van der Waals surface area contributed by atoms with Gasteiger partial charge in [-0.3, -0.25) is 0 Å². The van der Waals surface area contributed by atoms with Crippen molar-refractivity contribution in [2.75, 3.05) is 29.9 Å². The number of nitrogens with zero attached hydrogens (tertiary/aromatic N) is 6. The third-order valence-corrected chi connectivity index (χ3v) is 6.23. The van der Waals surface area contributed by atoms with Gasteiger partial charge in [0, 0.05) is 25.3 Å². The molecular formula is C20H19F6N7O. The van der Waals surface area contributed by atoms with E-state index in [4.69, 9.17) is 4.74 Å². The Labute approximate surface area is 189 Å². The van der Waals surface area contributed by atoms with Crippen LogP contribution in [0.25, 0.3) is 5.65 Å². The van der Waals surface area contributed by atoms with Crippen molar-refractivity contribution in [1.29, 1.82) is 0 Å². The lowest BCUT2D eigenvalue weighted by Crippen LogP contribution is -2.48. The molecule has 0 amide bonds. The molecule has 5 rings (SSSR count). The molecule has 2 bridgehead atoms. The molecule has 3 aromatic rings. The summed E-state index contributed by atoms with van der Waals surface area (Å²) < 4.78 is 84.0. The van der Waals surface area contributed by atoms with Gasteiger partial charge in [-0.05, 0) is 36.8 Å². The Hall–Kier alpha value is -3.32. The molecule has 1 aliphatic carbocycles. The number of ether oxygens (including phenoxy) is 1. The van der Waals surface area contributed by atoms with E-state index in [9.17, 15) is 26.3 Å². The topological polar surface area (TPSA) is 80.5 Å². The average Bonchev–Trinajstić information content (AvgIpc) is 3.28. The van der Waals surface area contributed by atoms with Crippen molar-refractivity contribution < 1.29 is 31.1 Å². The van der Waals surface area contributed by atoms with Crippen LogP contribution in [0, 0.1) is 17.7 Å². The summed E-state index contributed by atoms with van der Waals surface area (Å²) in [6.45, 7) is -0.735. The van der Waals surface area contributed by atoms with Crippen molar-refractivity contribution in [3.8, 4) is 5.75 Å². The maximum Gasteiger partial charge on any atom is 0.456 e. The molecule has 1 aliphatic heterocycles. The Morgan fingerprint density at radius 1 is 1.12 bits per heavy atom. The first-order chi connectivity index (χ1) is 16.1. The summed E-state index contributed by atoms with van der Waals surface area (Å²) in [6, 6.07) is 2.64. The summed E-state index contributed by atoms with van der Waals surface area (Å²) >= 11 is 0. The number of nitrogens with one attached hydrogen (secondary N) is 1. The summed E-state index contributed by atoms with van der Waals surface area (Å²) in [5.41, 5.74) is 0.0100. The third kappa shape index (κ3) is 4.05. The molecule has 1 saturated carbocycles. The number of hydrogen-bond donors (Lipinski definition) is 1. The highest BCUT2D eigenvalue weighted by molar-refractivity contribution is 5.56. The Morgan fingerprint density at radius 3 is 2.53 bits per heavy atom. The van der Waals surface area contributed by atoms with Crippen LogP contribution in [0.4, 0.5) is 38.1 Å². The van der Waals surface area contributed by atoms with Gasteiger partial charge in [0.05, 0.1) is 6.20 Å². The average molecular weight is 487 g/mol. The summed E-state index contributed by atoms with van der Waals surface area (Å²) in [7, 11) is 0. The lowest BCUT2D eigenvalue weighted by Gasteiger charge is -2.38. The largest absolute Gasteiger partial charge is 0.483 e. The first kappa shape index (κ1) is 22.5. The zero-order valence-corrected chi connectivity index (χ0v) is 17.5. The van der Waals surface area contributed by atoms with E-state index in [2.05, 4.69) is 25.4 Å². The second-order valence-corrected chi connectivity index (χ2v) is 8.43. The van der Waals surface area contributed by atoms with Gasteiger partial charge in [-0.1, -0.05) is 0 Å². The summed E-state index contributed by atoms with van der Waals surface area (Å²) in [4.78, 5) is 13.9. The van der Waals surface area contributed by atoms with Gasteiger partial charge in [0.25, 0.3) is 0 Å². The second-order valence-electron chi connectivity index (χ2n) is 8.43. The smallest absolute Gasteiger partial charge is 0.456 e. The molecule has 14 heteroatoms. The molecule has 1 saturated heterocycles. The van der Waals surface area contributed by atoms with Crippen LogP contribution < -0.4 is 15.0 Å². The minimum atomic E-state index is -5.72. The molecular weight excluding hydrogens is 468 g/mol. The van der Waals surface area contributed by atoms with Crippen LogP contribution in [0.1, 0.15) is 12.8 Å². The monoisotopic (exact) mass is 487 g/mol. The van der Waals surface area contributed by atoms with Crippen molar-refractivity contribution in [1.82, 2.24) is 24.6 Å². The Bertz CT molecular complexity index is 1170. The molecule has 2 aliphatic rings. The van der Waals surface area contributed by atoms with Gasteiger partial charge in [-0.15, -0.1) is 5.10 Å². The van der Waals surface area contributed by atoms with Crippen molar-refractivity contribution in [2.24, 2.45) is 11.8 Å². The van der Waals surface area contributed by atoms with Crippen LogP contribution in [-0.4, -0.2) is 62.4 Å². The number of anilines is 2. The van der Waals surface area contributed by atoms with E-state index in [0.29, 0.717) is 13.1 Å². The number of fused-ring (bicyclic) bond motifs is 3. The second kappa shape index (κ2) is 8.17. The molecule has 3 atom stereocenters. The number of piperidine rings is 1. The lowest BCUT2D eigenvalue weighted by molar-refractivity contribution is -0.289. The molecule has 1 unspecified atom stereocenters. The van der Waals surface area contributed by atoms with Crippen LogP contribution in [0.5, 0.6) is 5.75 Å². The fourth-order valence-electron chi connectivity index (χ4n) is 4.62. The summed E-state index contributed by atoms with van der Waals surface area (Å²) in [6.07, 6.45) is -0.00681. The molecule has 182 valence electrons. The van der Waals surface area contributed by atoms with Gasteiger partial charge in [0.2, 0.25) is 5.95 Å². The molecule has 0 spiro atoms. The number of rotatable bonds is 6. The van der Waals surface area contributed by atoms with Crippen molar-refractivity contribution in [3.63, 3.8) is 0 Å². The Kier molecular flexibility index (Phi) is 5.40. The number of aromatic nitrogens is 5. The Morgan fingerprint density at radius 2 is 1.85 bits per heavy atom. The van der Waals surface area contributed by atoms with Crippen LogP contribution in [-0.2, 0) is 0 Å². The predicted molar refractivity (Wildman–Crippen MR) is 107 cm³/mol. The highest BCUT2D eigenvalue weighted by Crippen LogP contribution is 2.40. The number of pyridine rings is 1. The minimum absolute atomic E-state index is 0.0100. The molecule has 0 radical (unpaired) electrons. The predicted octanol–water partition coefficient (Wildman–Crippen LogP) is 3.56. The summed E-state index contributed by atoms with van der Waals surface area (Å²) in [5, 5.41) is 7.52. The van der Waals surface area contributed by atoms with E-state index in [1.165, 1.54) is 29.2 Å². The molecule has 34 heavy (non-hydrogen) atoms. The molecule has 1 N–H and O–H groups in total. The molecule has 3 aromatic heterocycles. The molecule has 8 nitrogen and oxygen atoms in total. The third-order valence-electron chi connectivity index (χ3n) is 6.23. The standard InChI is InChI=1S/C20H19F6N7O/c21-13-6-27-10-28-16(13)32-7-11-3-4-12(8-32)15(11)29-18-30-17-14(2-1-5-33(17)31-18)34-9-19(22,23)20(24,25)26/h1-2,5-6,10-12,15H,3-4,7-9H2,(H,29,31)/t11-,12?,15-/m0/s1. The van der Waals surface area contributed by atoms with Gasteiger partial charge < -0.3 is 15.0 Å². The van der Waals surface area contributed by atoms with Gasteiger partial charge in [0.15, 0.2) is 29.6 Å². The van der Waals surface area contributed by atoms with Crippen molar-refractivity contribution in [2.45, 2.75) is 31.0 Å². The van der Waals surface area contributed by atoms with Crippen LogP contribution >= 0.6 is 0 Å². The lowest BCUT2D eigenvalue weighted by atomic mass is 9.92. The van der Waals surface area contributed by atoms with Crippen LogP contribution in [0.2, 0.25) is 0 Å². The minimum Gasteiger partial charge on any atom is -0.483 e. The molecule has 2 fully saturated rings. The highest BCUT2D eigenvalue weighted by Gasteiger charge is 2.58. The van der Waals surface area contributed by atoms with Gasteiger partial charge in [-0.2, -0.15) is 26.9 Å². The maximum absolute atomic E-state index is 14.1. The number of alkyl halides is 5. The summed E-state index contributed by atoms with van der Waals surface area (Å²) in [5.74, 6) is -4.97. The van der Waals surface area contributed by atoms with Crippen molar-refractivity contribution >= 4 is 17.4 Å². The fourth-order valence-corrected chi connectivity index (χ4v) is 4.62. The van der Waals surface area contributed by atoms with Gasteiger partial charge in [-0.25, -0.2) is 18.9 Å². The zero-order chi connectivity index (χ0) is 24.1. The van der Waals surface area contributed by atoms with Crippen LogP contribution in [0.3, 0.4) is 0 Å². The van der Waals surface area contributed by atoms with Crippen molar-refractivity contribution in [3.05, 3.63) is 36.7 Å². The number of hydrogen-bond acceptors (Lipinski definition) is 7.